The van der Waals surface area contributed by atoms with Gasteiger partial charge in [-0.25, -0.2) is 0 Å². The summed E-state index contributed by atoms with van der Waals surface area (Å²) in [5.41, 5.74) is 0. The first-order chi connectivity index (χ1) is 9.26. The fraction of sp³-hybridized carbons (Fsp3) is 1.00. The number of rotatable bonds is 11. The molecule has 1 heterocycles. The summed E-state index contributed by atoms with van der Waals surface area (Å²) in [5, 5.41) is 3.68. The molecule has 3 nitrogen and oxygen atoms in total. The Bertz CT molecular complexity index is 205. The Hall–Kier alpha value is -0.120. The van der Waals surface area contributed by atoms with Gasteiger partial charge in [-0.3, -0.25) is 0 Å². The number of ether oxygens (including phenoxy) is 2. The minimum Gasteiger partial charge on any atom is -0.382 e. The molecule has 1 N–H and O–H groups in total. The highest BCUT2D eigenvalue weighted by Crippen LogP contribution is 2.19. The van der Waals surface area contributed by atoms with Crippen molar-refractivity contribution in [1.29, 1.82) is 0 Å². The minimum atomic E-state index is 0.379. The molecule has 0 spiro atoms. The van der Waals surface area contributed by atoms with Crippen LogP contribution in [0.2, 0.25) is 0 Å². The SMILES string of the molecule is CCCNC(CCCC1CCCO1)CCC(C)OC. The quantitative estimate of drug-likeness (QED) is 0.624. The van der Waals surface area contributed by atoms with Gasteiger partial charge in [-0.15, -0.1) is 0 Å². The summed E-state index contributed by atoms with van der Waals surface area (Å²) < 4.78 is 11.0. The van der Waals surface area contributed by atoms with Crippen LogP contribution in [0, 0.1) is 0 Å². The summed E-state index contributed by atoms with van der Waals surface area (Å²) in [6.07, 6.45) is 10.8. The van der Waals surface area contributed by atoms with Crippen molar-refractivity contribution in [2.24, 2.45) is 0 Å². The van der Waals surface area contributed by atoms with Crippen LogP contribution in [0.3, 0.4) is 0 Å². The van der Waals surface area contributed by atoms with Gasteiger partial charge in [-0.2, -0.15) is 0 Å². The normalized spacial score (nSPS) is 22.6. The van der Waals surface area contributed by atoms with Gasteiger partial charge in [-0.05, 0) is 64.8 Å². The lowest BCUT2D eigenvalue weighted by Crippen LogP contribution is -2.31. The smallest absolute Gasteiger partial charge is 0.0576 e. The fourth-order valence-corrected chi connectivity index (χ4v) is 2.71. The molecule has 1 aliphatic rings. The van der Waals surface area contributed by atoms with E-state index >= 15 is 0 Å². The molecule has 0 aromatic heterocycles. The van der Waals surface area contributed by atoms with E-state index in [0.29, 0.717) is 18.2 Å². The topological polar surface area (TPSA) is 30.5 Å². The average molecular weight is 271 g/mol. The molecule has 1 fully saturated rings. The number of methoxy groups -OCH3 is 1. The van der Waals surface area contributed by atoms with Gasteiger partial charge < -0.3 is 14.8 Å². The monoisotopic (exact) mass is 271 g/mol. The fourth-order valence-electron chi connectivity index (χ4n) is 2.71. The standard InChI is InChI=1S/C16H33NO2/c1-4-12-17-15(11-10-14(2)18-3)7-5-8-16-9-6-13-19-16/h14-17H,4-13H2,1-3H3. The van der Waals surface area contributed by atoms with Crippen molar-refractivity contribution in [3.8, 4) is 0 Å². The third kappa shape index (κ3) is 7.91. The predicted octanol–water partition coefficient (Wildman–Crippen LogP) is 3.52. The molecule has 0 bridgehead atoms. The highest BCUT2D eigenvalue weighted by Gasteiger charge is 2.16. The Labute approximate surface area is 119 Å². The number of hydrogen-bond donors (Lipinski definition) is 1. The van der Waals surface area contributed by atoms with Gasteiger partial charge in [0.25, 0.3) is 0 Å². The molecule has 0 radical (unpaired) electrons. The van der Waals surface area contributed by atoms with Crippen LogP contribution in [0.5, 0.6) is 0 Å². The van der Waals surface area contributed by atoms with Crippen LogP contribution >= 0.6 is 0 Å². The second-order valence-corrected chi connectivity index (χ2v) is 5.84. The van der Waals surface area contributed by atoms with Gasteiger partial charge in [0.1, 0.15) is 0 Å². The van der Waals surface area contributed by atoms with Crippen LogP contribution in [0.25, 0.3) is 0 Å². The zero-order valence-corrected chi connectivity index (χ0v) is 13.1. The zero-order valence-electron chi connectivity index (χ0n) is 13.1. The summed E-state index contributed by atoms with van der Waals surface area (Å²) in [7, 11) is 1.80. The van der Waals surface area contributed by atoms with E-state index in [-0.39, 0.29) is 0 Å². The molecule has 3 atom stereocenters. The molecule has 0 saturated carbocycles. The lowest BCUT2D eigenvalue weighted by Gasteiger charge is -2.21. The largest absolute Gasteiger partial charge is 0.382 e. The molecule has 0 aliphatic carbocycles. The first kappa shape index (κ1) is 16.9. The van der Waals surface area contributed by atoms with E-state index in [0.717, 1.165) is 19.6 Å². The Balaban J connectivity index is 2.15. The summed E-state index contributed by atoms with van der Waals surface area (Å²) in [6.45, 7) is 6.50. The molecule has 3 unspecified atom stereocenters. The molecule has 1 aliphatic heterocycles. The van der Waals surface area contributed by atoms with Gasteiger partial charge >= 0.3 is 0 Å². The average Bonchev–Trinajstić information content (AvgIpc) is 2.94. The molecule has 0 aromatic carbocycles. The summed E-state index contributed by atoms with van der Waals surface area (Å²) in [4.78, 5) is 0. The molecule has 114 valence electrons. The highest BCUT2D eigenvalue weighted by molar-refractivity contribution is 4.71. The molecule has 19 heavy (non-hydrogen) atoms. The maximum Gasteiger partial charge on any atom is 0.0576 e. The van der Waals surface area contributed by atoms with Gasteiger partial charge in [0.05, 0.1) is 12.2 Å². The van der Waals surface area contributed by atoms with Crippen molar-refractivity contribution in [3.63, 3.8) is 0 Å². The lowest BCUT2D eigenvalue weighted by molar-refractivity contribution is 0.0979. The molecule has 1 rings (SSSR count). The molecule has 1 saturated heterocycles. The summed E-state index contributed by atoms with van der Waals surface area (Å²) in [6, 6.07) is 0.652. The Kier molecular flexibility index (Phi) is 9.48. The number of hydrogen-bond acceptors (Lipinski definition) is 3. The molecule has 3 heteroatoms. The lowest BCUT2D eigenvalue weighted by atomic mass is 10.0. The maximum absolute atomic E-state index is 5.69. The van der Waals surface area contributed by atoms with Crippen LogP contribution in [-0.4, -0.2) is 38.5 Å². The van der Waals surface area contributed by atoms with E-state index in [1.807, 2.05) is 0 Å². The van der Waals surface area contributed by atoms with Crippen molar-refractivity contribution in [2.75, 3.05) is 20.3 Å². The predicted molar refractivity (Wildman–Crippen MR) is 80.6 cm³/mol. The van der Waals surface area contributed by atoms with Crippen LogP contribution in [0.1, 0.15) is 65.2 Å². The van der Waals surface area contributed by atoms with Crippen LogP contribution < -0.4 is 5.32 Å². The second-order valence-electron chi connectivity index (χ2n) is 5.84. The van der Waals surface area contributed by atoms with Crippen molar-refractivity contribution in [1.82, 2.24) is 5.32 Å². The molecular weight excluding hydrogens is 238 g/mol. The summed E-state index contributed by atoms with van der Waals surface area (Å²) >= 11 is 0. The Morgan fingerprint density at radius 1 is 1.32 bits per heavy atom. The van der Waals surface area contributed by atoms with E-state index in [1.54, 1.807) is 7.11 Å². The van der Waals surface area contributed by atoms with Gasteiger partial charge in [0, 0.05) is 19.8 Å². The van der Waals surface area contributed by atoms with Crippen LogP contribution in [0.15, 0.2) is 0 Å². The maximum atomic E-state index is 5.69. The van der Waals surface area contributed by atoms with E-state index in [4.69, 9.17) is 9.47 Å². The van der Waals surface area contributed by atoms with E-state index < -0.39 is 0 Å². The minimum absolute atomic E-state index is 0.379. The Morgan fingerprint density at radius 2 is 2.16 bits per heavy atom. The van der Waals surface area contributed by atoms with E-state index in [9.17, 15) is 0 Å². The number of nitrogens with one attached hydrogen (secondary N) is 1. The van der Waals surface area contributed by atoms with Crippen molar-refractivity contribution in [2.45, 2.75) is 83.5 Å². The van der Waals surface area contributed by atoms with Gasteiger partial charge in [0.2, 0.25) is 0 Å². The van der Waals surface area contributed by atoms with Gasteiger partial charge in [-0.1, -0.05) is 6.92 Å². The molecular formula is C16H33NO2. The third-order valence-corrected chi connectivity index (χ3v) is 4.11. The molecule has 0 aromatic rings. The van der Waals surface area contributed by atoms with Gasteiger partial charge in [0.15, 0.2) is 0 Å². The third-order valence-electron chi connectivity index (χ3n) is 4.11. The first-order valence-corrected chi connectivity index (χ1v) is 8.14. The first-order valence-electron chi connectivity index (χ1n) is 8.14. The molecule has 0 amide bonds. The van der Waals surface area contributed by atoms with E-state index in [2.05, 4.69) is 19.2 Å². The van der Waals surface area contributed by atoms with E-state index in [1.165, 1.54) is 44.9 Å². The van der Waals surface area contributed by atoms with Crippen LogP contribution in [0.4, 0.5) is 0 Å². The van der Waals surface area contributed by atoms with Crippen molar-refractivity contribution in [3.05, 3.63) is 0 Å². The Morgan fingerprint density at radius 3 is 2.79 bits per heavy atom. The van der Waals surface area contributed by atoms with Crippen molar-refractivity contribution < 1.29 is 9.47 Å². The summed E-state index contributed by atoms with van der Waals surface area (Å²) in [5.74, 6) is 0. The van der Waals surface area contributed by atoms with Crippen molar-refractivity contribution >= 4 is 0 Å². The zero-order chi connectivity index (χ0) is 13.9. The highest BCUT2D eigenvalue weighted by atomic mass is 16.5. The second kappa shape index (κ2) is 10.6. The van der Waals surface area contributed by atoms with Crippen LogP contribution in [-0.2, 0) is 9.47 Å².